The molecule has 1 unspecified atom stereocenters. The van der Waals surface area contributed by atoms with Crippen LogP contribution >= 0.6 is 0 Å². The minimum Gasteiger partial charge on any atom is -0.363 e. The second-order valence-corrected chi connectivity index (χ2v) is 3.63. The molecule has 1 N–H and O–H groups in total. The highest BCUT2D eigenvalue weighted by molar-refractivity contribution is 4.89. The van der Waals surface area contributed by atoms with Crippen molar-refractivity contribution in [3.8, 4) is 0 Å². The zero-order valence-corrected chi connectivity index (χ0v) is 7.96. The van der Waals surface area contributed by atoms with Crippen molar-refractivity contribution in [3.63, 3.8) is 0 Å². The van der Waals surface area contributed by atoms with Crippen molar-refractivity contribution in [1.82, 2.24) is 0 Å². The summed E-state index contributed by atoms with van der Waals surface area (Å²) < 4.78 is 30.9. The molecule has 0 aromatic heterocycles. The number of ether oxygens (including phenoxy) is 1. The summed E-state index contributed by atoms with van der Waals surface area (Å²) in [4.78, 5) is 0. The fraction of sp³-hybridized carbons (Fsp3) is 1.00. The summed E-state index contributed by atoms with van der Waals surface area (Å²) in [5, 5.41) is 8.92. The van der Waals surface area contributed by atoms with Crippen molar-refractivity contribution in [3.05, 3.63) is 0 Å². The van der Waals surface area contributed by atoms with Gasteiger partial charge in [0, 0.05) is 0 Å². The van der Waals surface area contributed by atoms with Gasteiger partial charge in [-0.15, -0.1) is 0 Å². The van der Waals surface area contributed by atoms with E-state index in [-0.39, 0.29) is 0 Å². The van der Waals surface area contributed by atoms with Gasteiger partial charge in [-0.3, -0.25) is 0 Å². The molecule has 4 heteroatoms. The van der Waals surface area contributed by atoms with Gasteiger partial charge in [0.2, 0.25) is 6.29 Å². The predicted octanol–water partition coefficient (Wildman–Crippen LogP) is 2.17. The Morgan fingerprint density at radius 2 is 2.08 bits per heavy atom. The van der Waals surface area contributed by atoms with Crippen LogP contribution in [-0.2, 0) is 4.74 Å². The first-order chi connectivity index (χ1) is 6.00. The van der Waals surface area contributed by atoms with E-state index in [1.807, 2.05) is 6.92 Å². The molecule has 0 radical (unpaired) electrons. The van der Waals surface area contributed by atoms with Gasteiger partial charge < -0.3 is 9.84 Å². The molecule has 13 heavy (non-hydrogen) atoms. The maximum atomic E-state index is 13.0. The second kappa shape index (κ2) is 3.88. The van der Waals surface area contributed by atoms with Gasteiger partial charge in [0.15, 0.2) is 0 Å². The van der Waals surface area contributed by atoms with Crippen LogP contribution in [-0.4, -0.2) is 23.4 Å². The van der Waals surface area contributed by atoms with E-state index in [4.69, 9.17) is 9.84 Å². The van der Waals surface area contributed by atoms with Crippen LogP contribution in [0.5, 0.6) is 0 Å². The third kappa shape index (κ3) is 1.99. The topological polar surface area (TPSA) is 29.5 Å². The molecule has 1 fully saturated rings. The fourth-order valence-corrected chi connectivity index (χ4v) is 1.57. The molecule has 0 amide bonds. The van der Waals surface area contributed by atoms with E-state index in [9.17, 15) is 8.78 Å². The van der Waals surface area contributed by atoms with Gasteiger partial charge in [-0.05, 0) is 6.42 Å². The summed E-state index contributed by atoms with van der Waals surface area (Å²) in [6.45, 7) is 3.42. The Morgan fingerprint density at radius 3 is 2.46 bits per heavy atom. The van der Waals surface area contributed by atoms with E-state index in [1.54, 1.807) is 0 Å². The summed E-state index contributed by atoms with van der Waals surface area (Å²) in [6.07, 6.45) is 0.00502. The first-order valence-corrected chi connectivity index (χ1v) is 4.71. The van der Waals surface area contributed by atoms with E-state index in [0.717, 1.165) is 12.8 Å². The molecule has 2 nitrogen and oxygen atoms in total. The highest BCUT2D eigenvalue weighted by Gasteiger charge is 2.55. The molecule has 1 rings (SSSR count). The molecule has 1 saturated heterocycles. The van der Waals surface area contributed by atoms with Crippen LogP contribution in [0.15, 0.2) is 0 Å². The monoisotopic (exact) mass is 194 g/mol. The molecule has 0 aromatic carbocycles. The minimum absolute atomic E-state index is 0.495. The summed E-state index contributed by atoms with van der Waals surface area (Å²) in [5.41, 5.74) is 0. The first kappa shape index (κ1) is 10.9. The van der Waals surface area contributed by atoms with Crippen LogP contribution in [0.3, 0.4) is 0 Å². The molecule has 0 spiro atoms. The zero-order chi connectivity index (χ0) is 10.1. The van der Waals surface area contributed by atoms with Gasteiger partial charge in [0.25, 0.3) is 0 Å². The molecule has 0 aliphatic carbocycles. The average molecular weight is 194 g/mol. The number of hydrogen-bond donors (Lipinski definition) is 1. The second-order valence-electron chi connectivity index (χ2n) is 3.63. The largest absolute Gasteiger partial charge is 0.363 e. The standard InChI is InChI=1S/C9H16F2O2/c1-3-4-5-7-6(2)9(10,11)8(12)13-7/h6-8,12H,3-5H2,1-2H3/t6-,7-,8?/m1/s1. The smallest absolute Gasteiger partial charge is 0.302 e. The molecule has 78 valence electrons. The van der Waals surface area contributed by atoms with Crippen LogP contribution in [0.1, 0.15) is 33.1 Å². The normalized spacial score (nSPS) is 38.1. The average Bonchev–Trinajstić information content (AvgIpc) is 2.26. The lowest BCUT2D eigenvalue weighted by Gasteiger charge is -2.17. The van der Waals surface area contributed by atoms with Crippen molar-refractivity contribution >= 4 is 0 Å². The van der Waals surface area contributed by atoms with Gasteiger partial charge in [0.1, 0.15) is 0 Å². The number of unbranched alkanes of at least 4 members (excludes halogenated alkanes) is 1. The van der Waals surface area contributed by atoms with Crippen molar-refractivity contribution in [2.45, 2.75) is 51.4 Å². The lowest BCUT2D eigenvalue weighted by molar-refractivity contribution is -0.191. The highest BCUT2D eigenvalue weighted by Crippen LogP contribution is 2.41. The molecule has 0 bridgehead atoms. The summed E-state index contributed by atoms with van der Waals surface area (Å²) in [7, 11) is 0. The van der Waals surface area contributed by atoms with Crippen molar-refractivity contribution < 1.29 is 18.6 Å². The maximum Gasteiger partial charge on any atom is 0.302 e. The number of rotatable bonds is 3. The maximum absolute atomic E-state index is 13.0. The number of hydrogen-bond acceptors (Lipinski definition) is 2. The number of aliphatic hydroxyl groups is 1. The third-order valence-corrected chi connectivity index (χ3v) is 2.64. The molecule has 1 aliphatic heterocycles. The Bertz CT molecular complexity index is 173. The highest BCUT2D eigenvalue weighted by atomic mass is 19.3. The Labute approximate surface area is 76.9 Å². The van der Waals surface area contributed by atoms with E-state index in [2.05, 4.69) is 0 Å². The van der Waals surface area contributed by atoms with Crippen molar-refractivity contribution in [2.75, 3.05) is 0 Å². The first-order valence-electron chi connectivity index (χ1n) is 4.71. The third-order valence-electron chi connectivity index (χ3n) is 2.64. The number of aliphatic hydroxyl groups excluding tert-OH is 1. The van der Waals surface area contributed by atoms with Gasteiger partial charge in [-0.25, -0.2) is 8.78 Å². The van der Waals surface area contributed by atoms with Crippen LogP contribution in [0, 0.1) is 5.92 Å². The van der Waals surface area contributed by atoms with E-state index >= 15 is 0 Å². The Kier molecular flexibility index (Phi) is 3.24. The number of halogens is 2. The van der Waals surface area contributed by atoms with Gasteiger partial charge in [0.05, 0.1) is 12.0 Å². The molecular weight excluding hydrogens is 178 g/mol. The molecule has 0 saturated carbocycles. The van der Waals surface area contributed by atoms with Gasteiger partial charge in [-0.1, -0.05) is 26.7 Å². The Morgan fingerprint density at radius 1 is 1.46 bits per heavy atom. The number of alkyl halides is 2. The molecule has 1 heterocycles. The van der Waals surface area contributed by atoms with Crippen molar-refractivity contribution in [2.24, 2.45) is 5.92 Å². The SMILES string of the molecule is CCCC[C@H]1OC(O)C(F)(F)[C@@H]1C. The van der Waals surface area contributed by atoms with Crippen LogP contribution in [0.4, 0.5) is 8.78 Å². The van der Waals surface area contributed by atoms with Crippen LogP contribution < -0.4 is 0 Å². The summed E-state index contributed by atoms with van der Waals surface area (Å²) in [5.74, 6) is -3.97. The van der Waals surface area contributed by atoms with Crippen LogP contribution in [0.2, 0.25) is 0 Å². The lowest BCUT2D eigenvalue weighted by atomic mass is 9.96. The molecular formula is C9H16F2O2. The van der Waals surface area contributed by atoms with E-state index in [1.165, 1.54) is 6.92 Å². The van der Waals surface area contributed by atoms with Gasteiger partial charge in [-0.2, -0.15) is 0 Å². The zero-order valence-electron chi connectivity index (χ0n) is 7.96. The quantitative estimate of drug-likeness (QED) is 0.746. The molecule has 0 aromatic rings. The Hall–Kier alpha value is -0.220. The summed E-state index contributed by atoms with van der Waals surface area (Å²) >= 11 is 0. The van der Waals surface area contributed by atoms with E-state index in [0.29, 0.717) is 6.42 Å². The van der Waals surface area contributed by atoms with Crippen molar-refractivity contribution in [1.29, 1.82) is 0 Å². The van der Waals surface area contributed by atoms with E-state index < -0.39 is 24.2 Å². The van der Waals surface area contributed by atoms with Crippen LogP contribution in [0.25, 0.3) is 0 Å². The molecule has 1 aliphatic rings. The molecule has 3 atom stereocenters. The Balaban J connectivity index is 2.52. The predicted molar refractivity (Wildman–Crippen MR) is 44.5 cm³/mol. The minimum atomic E-state index is -3.08. The van der Waals surface area contributed by atoms with Gasteiger partial charge >= 0.3 is 5.92 Å². The fourth-order valence-electron chi connectivity index (χ4n) is 1.57. The summed E-state index contributed by atoms with van der Waals surface area (Å²) in [6, 6.07) is 0. The lowest BCUT2D eigenvalue weighted by Crippen LogP contribution is -2.33.